The summed E-state index contributed by atoms with van der Waals surface area (Å²) in [5, 5.41) is 18.0. The van der Waals surface area contributed by atoms with E-state index in [1.807, 2.05) is 42.5 Å². The Morgan fingerprint density at radius 2 is 1.45 bits per heavy atom. The van der Waals surface area contributed by atoms with Crippen LogP contribution in [-0.2, 0) is 17.0 Å². The first-order chi connectivity index (χ1) is 18.5. The van der Waals surface area contributed by atoms with E-state index in [2.05, 4.69) is 63.4 Å². The number of aliphatic hydroxyl groups is 1. The summed E-state index contributed by atoms with van der Waals surface area (Å²) in [4.78, 5) is 13.2. The quantitative estimate of drug-likeness (QED) is 0.121. The van der Waals surface area contributed by atoms with Gasteiger partial charge in [0.25, 0.3) is 5.91 Å². The van der Waals surface area contributed by atoms with Gasteiger partial charge in [0, 0.05) is 0 Å². The van der Waals surface area contributed by atoms with Crippen LogP contribution in [0, 0.1) is 3.57 Å². The van der Waals surface area contributed by atoms with Crippen LogP contribution in [0.15, 0.2) is 126 Å². The lowest BCUT2D eigenvalue weighted by Gasteiger charge is -2.27. The van der Waals surface area contributed by atoms with Crippen LogP contribution in [0.2, 0.25) is 0 Å². The van der Waals surface area contributed by atoms with Gasteiger partial charge in [-0.15, -0.1) is 0 Å². The number of benzene rings is 5. The molecule has 188 valence electrons. The highest BCUT2D eigenvalue weighted by molar-refractivity contribution is 14.1. The molecule has 0 bridgehead atoms. The minimum absolute atomic E-state index is 0.460. The molecule has 38 heavy (non-hydrogen) atoms. The SMILES string of the molecule is O=C(N/N=C/c1ccc(OCc2ccc3ccccc3c2)c(I)c1)C(O)(c1ccccc1)c1ccccc1. The average Bonchev–Trinajstić information content (AvgIpc) is 2.97. The molecule has 0 saturated carbocycles. The van der Waals surface area contributed by atoms with Crippen LogP contribution in [0.5, 0.6) is 5.75 Å². The van der Waals surface area contributed by atoms with E-state index in [1.165, 1.54) is 10.8 Å². The second-order valence-electron chi connectivity index (χ2n) is 8.80. The van der Waals surface area contributed by atoms with Crippen LogP contribution in [-0.4, -0.2) is 17.2 Å². The molecule has 5 rings (SSSR count). The molecule has 0 radical (unpaired) electrons. The van der Waals surface area contributed by atoms with E-state index in [9.17, 15) is 9.90 Å². The molecule has 5 nitrogen and oxygen atoms in total. The monoisotopic (exact) mass is 612 g/mol. The van der Waals surface area contributed by atoms with Gasteiger partial charge in [0.1, 0.15) is 12.4 Å². The Hall–Kier alpha value is -4.01. The maximum Gasteiger partial charge on any atom is 0.281 e. The molecule has 0 unspecified atom stereocenters. The molecule has 5 aromatic carbocycles. The summed E-state index contributed by atoms with van der Waals surface area (Å²) in [6.07, 6.45) is 1.55. The maximum absolute atomic E-state index is 13.2. The smallest absolute Gasteiger partial charge is 0.281 e. The predicted octanol–water partition coefficient (Wildman–Crippen LogP) is 6.41. The van der Waals surface area contributed by atoms with Crippen molar-refractivity contribution >= 4 is 45.5 Å². The van der Waals surface area contributed by atoms with Crippen LogP contribution in [0.1, 0.15) is 22.3 Å². The summed E-state index contributed by atoms with van der Waals surface area (Å²) in [5.41, 5.74) is 3.43. The van der Waals surface area contributed by atoms with Crippen molar-refractivity contribution in [1.29, 1.82) is 0 Å². The number of nitrogens with zero attached hydrogens (tertiary/aromatic N) is 1. The van der Waals surface area contributed by atoms with E-state index >= 15 is 0 Å². The summed E-state index contributed by atoms with van der Waals surface area (Å²) >= 11 is 2.22. The van der Waals surface area contributed by atoms with Crippen molar-refractivity contribution < 1.29 is 14.6 Å². The van der Waals surface area contributed by atoms with Crippen molar-refractivity contribution in [3.8, 4) is 5.75 Å². The van der Waals surface area contributed by atoms with Crippen molar-refractivity contribution in [2.75, 3.05) is 0 Å². The number of carbonyl (C=O) groups is 1. The summed E-state index contributed by atoms with van der Waals surface area (Å²) in [5.74, 6) is 0.124. The number of hydrazone groups is 1. The molecule has 5 aromatic rings. The Labute approximate surface area is 234 Å². The number of hydrogen-bond donors (Lipinski definition) is 2. The molecule has 6 heteroatoms. The highest BCUT2D eigenvalue weighted by Crippen LogP contribution is 2.30. The fraction of sp³-hybridized carbons (Fsp3) is 0.0625. The molecule has 0 heterocycles. The van der Waals surface area contributed by atoms with Crippen LogP contribution in [0.4, 0.5) is 0 Å². The molecule has 0 aliphatic carbocycles. The van der Waals surface area contributed by atoms with E-state index in [0.29, 0.717) is 17.7 Å². The fourth-order valence-electron chi connectivity index (χ4n) is 4.24. The summed E-state index contributed by atoms with van der Waals surface area (Å²) in [7, 11) is 0. The molecule has 0 aromatic heterocycles. The first-order valence-electron chi connectivity index (χ1n) is 12.1. The van der Waals surface area contributed by atoms with Crippen LogP contribution in [0.25, 0.3) is 10.8 Å². The zero-order valence-corrected chi connectivity index (χ0v) is 22.6. The van der Waals surface area contributed by atoms with Crippen molar-refractivity contribution in [2.45, 2.75) is 12.2 Å². The number of ether oxygens (including phenoxy) is 1. The van der Waals surface area contributed by atoms with Gasteiger partial charge in [0.2, 0.25) is 0 Å². The number of fused-ring (bicyclic) bond motifs is 1. The molecule has 0 spiro atoms. The van der Waals surface area contributed by atoms with Crippen molar-refractivity contribution in [1.82, 2.24) is 5.43 Å². The molecule has 0 fully saturated rings. The third kappa shape index (κ3) is 5.61. The number of hydrogen-bond acceptors (Lipinski definition) is 4. The lowest BCUT2D eigenvalue weighted by Crippen LogP contribution is -2.43. The Morgan fingerprint density at radius 3 is 2.11 bits per heavy atom. The average molecular weight is 612 g/mol. The zero-order chi connectivity index (χ0) is 26.4. The zero-order valence-electron chi connectivity index (χ0n) is 20.4. The molecule has 0 saturated heterocycles. The van der Waals surface area contributed by atoms with Gasteiger partial charge < -0.3 is 9.84 Å². The summed E-state index contributed by atoms with van der Waals surface area (Å²) in [6.45, 7) is 0.460. The van der Waals surface area contributed by atoms with Gasteiger partial charge in [-0.05, 0) is 79.9 Å². The molecule has 2 N–H and O–H groups in total. The first-order valence-corrected chi connectivity index (χ1v) is 13.2. The lowest BCUT2D eigenvalue weighted by molar-refractivity contribution is -0.136. The van der Waals surface area contributed by atoms with Gasteiger partial charge in [-0.3, -0.25) is 4.79 Å². The van der Waals surface area contributed by atoms with Gasteiger partial charge in [0.15, 0.2) is 5.60 Å². The predicted molar refractivity (Wildman–Crippen MR) is 159 cm³/mol. The largest absolute Gasteiger partial charge is 0.488 e. The molecular weight excluding hydrogens is 587 g/mol. The third-order valence-corrected chi connectivity index (χ3v) is 7.10. The maximum atomic E-state index is 13.2. The number of amides is 1. The molecular formula is C32H25IN2O3. The molecule has 0 atom stereocenters. The van der Waals surface area contributed by atoms with E-state index in [0.717, 1.165) is 20.4 Å². The molecule has 1 amide bonds. The second kappa shape index (κ2) is 11.6. The lowest BCUT2D eigenvalue weighted by atomic mass is 9.85. The highest BCUT2D eigenvalue weighted by atomic mass is 127. The standard InChI is InChI=1S/C32H25IN2O3/c33-29-20-23(16-18-30(29)38-22-24-15-17-25-9-7-8-10-26(25)19-24)21-34-35-31(36)32(37,27-11-3-1-4-12-27)28-13-5-2-6-14-28/h1-21,37H,22H2,(H,35,36)/b34-21+. The van der Waals surface area contributed by atoms with Crippen molar-refractivity contribution in [3.63, 3.8) is 0 Å². The van der Waals surface area contributed by atoms with Crippen molar-refractivity contribution in [2.24, 2.45) is 5.10 Å². The Balaban J connectivity index is 1.26. The van der Waals surface area contributed by atoms with E-state index in [-0.39, 0.29) is 0 Å². The van der Waals surface area contributed by atoms with Gasteiger partial charge in [0.05, 0.1) is 9.78 Å². The van der Waals surface area contributed by atoms with E-state index in [4.69, 9.17) is 4.74 Å². The normalized spacial score (nSPS) is 11.5. The fourth-order valence-corrected chi connectivity index (χ4v) is 4.93. The van der Waals surface area contributed by atoms with E-state index in [1.54, 1.807) is 54.7 Å². The summed E-state index contributed by atoms with van der Waals surface area (Å²) < 4.78 is 6.98. The van der Waals surface area contributed by atoms with Gasteiger partial charge in [-0.1, -0.05) is 97.1 Å². The molecule has 0 aliphatic rings. The second-order valence-corrected chi connectivity index (χ2v) is 9.96. The van der Waals surface area contributed by atoms with Gasteiger partial charge in [-0.2, -0.15) is 5.10 Å². The topological polar surface area (TPSA) is 70.9 Å². The van der Waals surface area contributed by atoms with Crippen LogP contribution in [0.3, 0.4) is 0 Å². The van der Waals surface area contributed by atoms with Crippen molar-refractivity contribution in [3.05, 3.63) is 147 Å². The van der Waals surface area contributed by atoms with Crippen LogP contribution < -0.4 is 10.2 Å². The number of rotatable bonds is 8. The Morgan fingerprint density at radius 1 is 0.816 bits per heavy atom. The van der Waals surface area contributed by atoms with Crippen LogP contribution >= 0.6 is 22.6 Å². The first kappa shape index (κ1) is 25.6. The highest BCUT2D eigenvalue weighted by Gasteiger charge is 2.39. The number of halogens is 1. The van der Waals surface area contributed by atoms with Gasteiger partial charge >= 0.3 is 0 Å². The minimum Gasteiger partial charge on any atom is -0.488 e. The Bertz CT molecular complexity index is 1550. The Kier molecular flexibility index (Phi) is 7.81. The van der Waals surface area contributed by atoms with Gasteiger partial charge in [-0.25, -0.2) is 5.43 Å². The summed E-state index contributed by atoms with van der Waals surface area (Å²) in [6, 6.07) is 37.9. The van der Waals surface area contributed by atoms with E-state index < -0.39 is 11.5 Å². The molecule has 0 aliphatic heterocycles. The third-order valence-electron chi connectivity index (χ3n) is 6.26. The number of nitrogens with one attached hydrogen (secondary N) is 1. The number of carbonyl (C=O) groups excluding carboxylic acids is 1. The minimum atomic E-state index is -1.88.